The van der Waals surface area contributed by atoms with Crippen LogP contribution in [0.4, 0.5) is 5.95 Å². The molecule has 4 rings (SSSR count). The van der Waals surface area contributed by atoms with E-state index in [0.29, 0.717) is 29.8 Å². The number of ether oxygens (including phenoxy) is 2. The molecule has 0 radical (unpaired) electrons. The highest BCUT2D eigenvalue weighted by molar-refractivity contribution is 6.30. The molecule has 0 aliphatic heterocycles. The van der Waals surface area contributed by atoms with Crippen LogP contribution in [0.1, 0.15) is 17.1 Å². The van der Waals surface area contributed by atoms with Crippen molar-refractivity contribution in [2.45, 2.75) is 20.3 Å². The smallest absolute Gasteiger partial charge is 0.227 e. The molecule has 0 amide bonds. The average molecular weight is 438 g/mol. The molecule has 7 nitrogen and oxygen atoms in total. The fourth-order valence-electron chi connectivity index (χ4n) is 3.56. The first kappa shape index (κ1) is 20.9. The Morgan fingerprint density at radius 1 is 0.968 bits per heavy atom. The molecular weight excluding hydrogens is 414 g/mol. The third kappa shape index (κ3) is 4.27. The second kappa shape index (κ2) is 8.81. The molecule has 0 aliphatic carbocycles. The molecule has 1 N–H and O–H groups in total. The Bertz CT molecular complexity index is 1220. The highest BCUT2D eigenvalue weighted by Crippen LogP contribution is 2.35. The molecule has 2 aromatic heterocycles. The Morgan fingerprint density at radius 3 is 2.42 bits per heavy atom. The van der Waals surface area contributed by atoms with Gasteiger partial charge in [0.05, 0.1) is 19.9 Å². The molecular formula is C23H24ClN5O2. The van der Waals surface area contributed by atoms with Crippen molar-refractivity contribution in [2.24, 2.45) is 0 Å². The van der Waals surface area contributed by atoms with Gasteiger partial charge in [0.2, 0.25) is 5.95 Å². The van der Waals surface area contributed by atoms with Gasteiger partial charge in [-0.25, -0.2) is 4.98 Å². The van der Waals surface area contributed by atoms with Crippen LogP contribution >= 0.6 is 11.6 Å². The molecule has 160 valence electrons. The third-order valence-corrected chi connectivity index (χ3v) is 5.31. The highest BCUT2D eigenvalue weighted by Gasteiger charge is 2.18. The zero-order valence-corrected chi connectivity index (χ0v) is 18.7. The van der Waals surface area contributed by atoms with Crippen LogP contribution in [-0.2, 0) is 6.42 Å². The zero-order chi connectivity index (χ0) is 22.0. The van der Waals surface area contributed by atoms with E-state index in [2.05, 4.69) is 15.3 Å². The van der Waals surface area contributed by atoms with Gasteiger partial charge >= 0.3 is 0 Å². The lowest BCUT2D eigenvalue weighted by molar-refractivity contribution is 0.355. The second-order valence-corrected chi connectivity index (χ2v) is 7.60. The van der Waals surface area contributed by atoms with Gasteiger partial charge in [-0.2, -0.15) is 14.6 Å². The van der Waals surface area contributed by atoms with E-state index in [-0.39, 0.29) is 0 Å². The van der Waals surface area contributed by atoms with Gasteiger partial charge in [-0.1, -0.05) is 29.8 Å². The van der Waals surface area contributed by atoms with Crippen LogP contribution in [0.2, 0.25) is 5.02 Å². The van der Waals surface area contributed by atoms with Crippen molar-refractivity contribution in [2.75, 3.05) is 26.1 Å². The van der Waals surface area contributed by atoms with Gasteiger partial charge in [-0.05, 0) is 55.7 Å². The van der Waals surface area contributed by atoms with Crippen LogP contribution < -0.4 is 14.8 Å². The van der Waals surface area contributed by atoms with Gasteiger partial charge in [0, 0.05) is 17.1 Å². The lowest BCUT2D eigenvalue weighted by Gasteiger charge is -2.10. The maximum Gasteiger partial charge on any atom is 0.227 e. The number of methoxy groups -OCH3 is 2. The van der Waals surface area contributed by atoms with Crippen molar-refractivity contribution in [3.05, 3.63) is 64.6 Å². The quantitative estimate of drug-likeness (QED) is 0.450. The number of benzene rings is 2. The molecule has 31 heavy (non-hydrogen) atoms. The number of halogens is 1. The average Bonchev–Trinajstić information content (AvgIpc) is 3.10. The van der Waals surface area contributed by atoms with E-state index in [0.717, 1.165) is 33.9 Å². The maximum atomic E-state index is 5.97. The van der Waals surface area contributed by atoms with Gasteiger partial charge < -0.3 is 14.8 Å². The van der Waals surface area contributed by atoms with Crippen LogP contribution in [0.15, 0.2) is 42.5 Å². The molecule has 0 fully saturated rings. The Balaban J connectivity index is 1.67. The third-order valence-electron chi connectivity index (χ3n) is 5.05. The maximum absolute atomic E-state index is 5.97. The van der Waals surface area contributed by atoms with Crippen LogP contribution in [0.3, 0.4) is 0 Å². The lowest BCUT2D eigenvalue weighted by atomic mass is 10.1. The molecule has 4 aromatic rings. The number of rotatable bonds is 7. The minimum atomic E-state index is 0.658. The summed E-state index contributed by atoms with van der Waals surface area (Å²) in [7, 11) is 3.25. The van der Waals surface area contributed by atoms with Gasteiger partial charge in [0.25, 0.3) is 0 Å². The van der Waals surface area contributed by atoms with Crippen molar-refractivity contribution in [3.63, 3.8) is 0 Å². The van der Waals surface area contributed by atoms with Crippen molar-refractivity contribution in [3.8, 4) is 22.6 Å². The summed E-state index contributed by atoms with van der Waals surface area (Å²) < 4.78 is 12.6. The first-order chi connectivity index (χ1) is 15.0. The predicted molar refractivity (Wildman–Crippen MR) is 122 cm³/mol. The first-order valence-corrected chi connectivity index (χ1v) is 10.3. The summed E-state index contributed by atoms with van der Waals surface area (Å²) in [6, 6.07) is 13.7. The number of fused-ring (bicyclic) bond motifs is 1. The van der Waals surface area contributed by atoms with Crippen LogP contribution in [-0.4, -0.2) is 40.3 Å². The van der Waals surface area contributed by atoms with Crippen LogP contribution in [0.5, 0.6) is 11.5 Å². The monoisotopic (exact) mass is 437 g/mol. The van der Waals surface area contributed by atoms with Gasteiger partial charge in [0.15, 0.2) is 17.1 Å². The van der Waals surface area contributed by atoms with E-state index in [4.69, 9.17) is 26.2 Å². The van der Waals surface area contributed by atoms with Gasteiger partial charge in [-0.15, -0.1) is 0 Å². The predicted octanol–water partition coefficient (Wildman–Crippen LogP) is 4.73. The molecule has 0 bridgehead atoms. The molecule has 0 atom stereocenters. The number of nitrogens with zero attached hydrogens (tertiary/aromatic N) is 4. The Morgan fingerprint density at radius 2 is 1.71 bits per heavy atom. The van der Waals surface area contributed by atoms with E-state index in [9.17, 15) is 0 Å². The SMILES string of the molecule is COc1ccc(-c2c(C)nn3c(NCCc4ccc(Cl)cc4)nc(C)nc23)cc1OC. The van der Waals surface area contributed by atoms with E-state index < -0.39 is 0 Å². The molecule has 8 heteroatoms. The Hall–Kier alpha value is -3.32. The number of nitrogens with one attached hydrogen (secondary N) is 1. The first-order valence-electron chi connectivity index (χ1n) is 9.95. The molecule has 0 saturated carbocycles. The van der Waals surface area contributed by atoms with E-state index in [1.54, 1.807) is 18.7 Å². The van der Waals surface area contributed by atoms with Gasteiger partial charge in [0.1, 0.15) is 5.82 Å². The fraction of sp³-hybridized carbons (Fsp3) is 0.261. The van der Waals surface area contributed by atoms with E-state index in [1.807, 2.05) is 56.3 Å². The fourth-order valence-corrected chi connectivity index (χ4v) is 3.68. The second-order valence-electron chi connectivity index (χ2n) is 7.16. The minimum Gasteiger partial charge on any atom is -0.493 e. The van der Waals surface area contributed by atoms with Crippen molar-refractivity contribution >= 4 is 23.2 Å². The van der Waals surface area contributed by atoms with Crippen molar-refractivity contribution < 1.29 is 9.47 Å². The number of hydrogen-bond donors (Lipinski definition) is 1. The van der Waals surface area contributed by atoms with Crippen molar-refractivity contribution in [1.29, 1.82) is 0 Å². The summed E-state index contributed by atoms with van der Waals surface area (Å²) in [6.45, 7) is 4.55. The van der Waals surface area contributed by atoms with E-state index in [1.165, 1.54) is 5.56 Å². The standard InChI is InChI=1S/C23H24ClN5O2/c1-14-21(17-7-10-19(30-3)20(13-17)31-4)22-26-15(2)27-23(29(22)28-14)25-12-11-16-5-8-18(24)9-6-16/h5-10,13H,11-12H2,1-4H3,(H,25,26,27). The molecule has 0 unspecified atom stereocenters. The van der Waals surface area contributed by atoms with Crippen molar-refractivity contribution in [1.82, 2.24) is 19.6 Å². The Kier molecular flexibility index (Phi) is 5.95. The molecule has 2 aromatic carbocycles. The zero-order valence-electron chi connectivity index (χ0n) is 17.9. The number of aromatic nitrogens is 4. The summed E-state index contributed by atoms with van der Waals surface area (Å²) >= 11 is 5.97. The summed E-state index contributed by atoms with van der Waals surface area (Å²) in [6.07, 6.45) is 0.838. The summed E-state index contributed by atoms with van der Waals surface area (Å²) in [5, 5.41) is 8.84. The molecule has 2 heterocycles. The molecule has 0 spiro atoms. The largest absolute Gasteiger partial charge is 0.493 e. The summed E-state index contributed by atoms with van der Waals surface area (Å²) in [4.78, 5) is 9.24. The van der Waals surface area contributed by atoms with Crippen LogP contribution in [0, 0.1) is 13.8 Å². The lowest BCUT2D eigenvalue weighted by Crippen LogP contribution is -2.12. The normalized spacial score (nSPS) is 11.0. The van der Waals surface area contributed by atoms with E-state index >= 15 is 0 Å². The summed E-state index contributed by atoms with van der Waals surface area (Å²) in [5.41, 5.74) is 4.68. The minimum absolute atomic E-state index is 0.658. The Labute approximate surface area is 186 Å². The molecule has 0 saturated heterocycles. The number of anilines is 1. The number of hydrogen-bond acceptors (Lipinski definition) is 6. The van der Waals surface area contributed by atoms with Crippen LogP contribution in [0.25, 0.3) is 16.8 Å². The topological polar surface area (TPSA) is 73.6 Å². The number of aryl methyl sites for hydroxylation is 2. The summed E-state index contributed by atoms with van der Waals surface area (Å²) in [5.74, 6) is 2.66. The van der Waals surface area contributed by atoms with Gasteiger partial charge in [-0.3, -0.25) is 0 Å². The molecule has 0 aliphatic rings. The highest BCUT2D eigenvalue weighted by atomic mass is 35.5.